The van der Waals surface area contributed by atoms with Gasteiger partial charge in [-0.1, -0.05) is 96.5 Å². The highest BCUT2D eigenvalue weighted by atomic mass is 15.3. The molecule has 1 heterocycles. The van der Waals surface area contributed by atoms with Gasteiger partial charge < -0.3 is 5.32 Å². The van der Waals surface area contributed by atoms with Gasteiger partial charge in [0.15, 0.2) is 0 Å². The molecule has 4 heteroatoms. The van der Waals surface area contributed by atoms with Gasteiger partial charge in [-0.15, -0.1) is 0 Å². The number of amidine groups is 1. The van der Waals surface area contributed by atoms with Gasteiger partial charge >= 0.3 is 0 Å². The maximum Gasteiger partial charge on any atom is 0.131 e. The first-order chi connectivity index (χ1) is 14.3. The summed E-state index contributed by atoms with van der Waals surface area (Å²) < 4.78 is 0. The fourth-order valence-electron chi connectivity index (χ4n) is 3.74. The van der Waals surface area contributed by atoms with E-state index in [1.807, 2.05) is 36.4 Å². The SMILES string of the molecule is [B]c1ccc2cc(C3N=C(c4ccccc4)NC(c4ccccc4)N3)ccc2c1. The molecule has 0 aromatic heterocycles. The van der Waals surface area contributed by atoms with Crippen molar-refractivity contribution >= 4 is 29.9 Å². The van der Waals surface area contributed by atoms with Crippen LogP contribution in [0.15, 0.2) is 102 Å². The Balaban J connectivity index is 1.57. The minimum atomic E-state index is -0.154. The predicted octanol–water partition coefficient (Wildman–Crippen LogP) is 3.97. The van der Waals surface area contributed by atoms with Gasteiger partial charge in [0, 0.05) is 5.56 Å². The van der Waals surface area contributed by atoms with Crippen LogP contribution in [0.2, 0.25) is 0 Å². The molecular weight excluding hydrogens is 353 g/mol. The molecule has 5 rings (SSSR count). The Morgan fingerprint density at radius 3 is 2.17 bits per heavy atom. The summed E-state index contributed by atoms with van der Waals surface area (Å²) in [4.78, 5) is 4.99. The van der Waals surface area contributed by atoms with Crippen molar-refractivity contribution in [2.75, 3.05) is 0 Å². The fraction of sp³-hybridized carbons (Fsp3) is 0.0800. The van der Waals surface area contributed by atoms with Crippen LogP contribution in [0.1, 0.15) is 29.0 Å². The third-order valence-electron chi connectivity index (χ3n) is 5.25. The van der Waals surface area contributed by atoms with Gasteiger partial charge in [-0.25, -0.2) is 4.99 Å². The van der Waals surface area contributed by atoms with Crippen LogP contribution in [0.4, 0.5) is 0 Å². The van der Waals surface area contributed by atoms with Crippen molar-refractivity contribution in [1.29, 1.82) is 0 Å². The van der Waals surface area contributed by atoms with Crippen LogP contribution >= 0.6 is 0 Å². The Bertz CT molecular complexity index is 1170. The number of nitrogens with zero attached hydrogens (tertiary/aromatic N) is 1. The quantitative estimate of drug-likeness (QED) is 0.533. The Hall–Kier alpha value is -3.37. The summed E-state index contributed by atoms with van der Waals surface area (Å²) in [5, 5.41) is 9.48. The maximum absolute atomic E-state index is 5.93. The largest absolute Gasteiger partial charge is 0.350 e. The first-order valence-electron chi connectivity index (χ1n) is 9.76. The van der Waals surface area contributed by atoms with Crippen molar-refractivity contribution in [3.63, 3.8) is 0 Å². The number of benzene rings is 4. The first-order valence-corrected chi connectivity index (χ1v) is 9.76. The smallest absolute Gasteiger partial charge is 0.131 e. The highest BCUT2D eigenvalue weighted by Crippen LogP contribution is 2.27. The van der Waals surface area contributed by atoms with E-state index in [0.29, 0.717) is 0 Å². The number of hydrogen-bond donors (Lipinski definition) is 2. The van der Waals surface area contributed by atoms with E-state index in [0.717, 1.165) is 33.2 Å². The average Bonchev–Trinajstić information content (AvgIpc) is 2.79. The second-order valence-electron chi connectivity index (χ2n) is 7.27. The van der Waals surface area contributed by atoms with Gasteiger partial charge in [-0.3, -0.25) is 5.32 Å². The first kappa shape index (κ1) is 17.7. The molecule has 1 aliphatic rings. The second kappa shape index (κ2) is 7.57. The highest BCUT2D eigenvalue weighted by Gasteiger charge is 2.25. The van der Waals surface area contributed by atoms with Gasteiger partial charge in [0.05, 0.1) is 0 Å². The van der Waals surface area contributed by atoms with Gasteiger partial charge in [-0.2, -0.15) is 0 Å². The Kier molecular flexibility index (Phi) is 4.62. The summed E-state index contributed by atoms with van der Waals surface area (Å²) in [6.45, 7) is 0. The second-order valence-corrected chi connectivity index (χ2v) is 7.27. The predicted molar refractivity (Wildman–Crippen MR) is 121 cm³/mol. The number of nitrogens with one attached hydrogen (secondary N) is 2. The third kappa shape index (κ3) is 3.67. The molecule has 0 amide bonds. The van der Waals surface area contributed by atoms with Gasteiger partial charge in [0.25, 0.3) is 0 Å². The molecule has 0 saturated heterocycles. The molecule has 0 saturated carbocycles. The van der Waals surface area contributed by atoms with E-state index in [9.17, 15) is 0 Å². The zero-order valence-corrected chi connectivity index (χ0v) is 15.9. The maximum atomic E-state index is 5.93. The van der Waals surface area contributed by atoms with Crippen LogP contribution in [0, 0.1) is 0 Å². The molecule has 0 fully saturated rings. The lowest BCUT2D eigenvalue weighted by atomic mass is 9.93. The van der Waals surface area contributed by atoms with Crippen molar-refractivity contribution in [2.24, 2.45) is 4.99 Å². The van der Waals surface area contributed by atoms with E-state index >= 15 is 0 Å². The third-order valence-corrected chi connectivity index (χ3v) is 5.25. The van der Waals surface area contributed by atoms with Crippen molar-refractivity contribution in [3.05, 3.63) is 114 Å². The molecule has 0 aliphatic carbocycles. The zero-order chi connectivity index (χ0) is 19.6. The highest BCUT2D eigenvalue weighted by molar-refractivity contribution is 6.33. The Morgan fingerprint density at radius 1 is 0.690 bits per heavy atom. The number of rotatable bonds is 3. The molecule has 2 N–H and O–H groups in total. The molecule has 2 atom stereocenters. The van der Waals surface area contributed by atoms with Gasteiger partial charge in [0.2, 0.25) is 0 Å². The standard InChI is InChI=1S/C25H20BN3/c26-22-14-13-19-15-21(12-11-20(19)16-22)25-28-23(17-7-3-1-4-8-17)27-24(29-25)18-9-5-2-6-10-18/h1-16,23,25,28H,(H,27,29). The Morgan fingerprint density at radius 2 is 1.38 bits per heavy atom. The molecule has 1 aliphatic heterocycles. The molecule has 4 aromatic carbocycles. The minimum Gasteiger partial charge on any atom is -0.350 e. The molecule has 3 nitrogen and oxygen atoms in total. The van der Waals surface area contributed by atoms with Gasteiger partial charge in [-0.05, 0) is 28.0 Å². The summed E-state index contributed by atoms with van der Waals surface area (Å²) in [5.74, 6) is 0.889. The Labute approximate surface area is 171 Å². The van der Waals surface area contributed by atoms with Crippen LogP contribution in [-0.4, -0.2) is 13.7 Å². The molecular formula is C25H20BN3. The summed E-state index contributed by atoms with van der Waals surface area (Å²) in [6, 6.07) is 33.1. The van der Waals surface area contributed by atoms with E-state index < -0.39 is 0 Å². The summed E-state index contributed by atoms with van der Waals surface area (Å²) in [7, 11) is 5.93. The number of aliphatic imine (C=N–C) groups is 1. The molecule has 0 bridgehead atoms. The molecule has 2 radical (unpaired) electrons. The molecule has 2 unspecified atom stereocenters. The van der Waals surface area contributed by atoms with Crippen molar-refractivity contribution < 1.29 is 0 Å². The molecule has 138 valence electrons. The number of hydrogen-bond acceptors (Lipinski definition) is 3. The monoisotopic (exact) mass is 373 g/mol. The number of fused-ring (bicyclic) bond motifs is 1. The molecule has 4 aromatic rings. The van der Waals surface area contributed by atoms with Crippen LogP contribution in [0.3, 0.4) is 0 Å². The van der Waals surface area contributed by atoms with Crippen LogP contribution in [-0.2, 0) is 0 Å². The average molecular weight is 373 g/mol. The van der Waals surface area contributed by atoms with E-state index in [-0.39, 0.29) is 12.3 Å². The van der Waals surface area contributed by atoms with Crippen LogP contribution in [0.5, 0.6) is 0 Å². The van der Waals surface area contributed by atoms with E-state index in [4.69, 9.17) is 12.8 Å². The fourth-order valence-corrected chi connectivity index (χ4v) is 3.74. The zero-order valence-electron chi connectivity index (χ0n) is 15.9. The van der Waals surface area contributed by atoms with Crippen molar-refractivity contribution in [2.45, 2.75) is 12.3 Å². The van der Waals surface area contributed by atoms with E-state index in [1.54, 1.807) is 0 Å². The van der Waals surface area contributed by atoms with Crippen molar-refractivity contribution in [3.8, 4) is 0 Å². The summed E-state index contributed by atoms with van der Waals surface area (Å²) in [5.41, 5.74) is 4.15. The van der Waals surface area contributed by atoms with Gasteiger partial charge in [0.1, 0.15) is 26.0 Å². The normalized spacial score (nSPS) is 18.8. The van der Waals surface area contributed by atoms with E-state index in [2.05, 4.69) is 71.3 Å². The van der Waals surface area contributed by atoms with Crippen LogP contribution in [0.25, 0.3) is 10.8 Å². The van der Waals surface area contributed by atoms with E-state index in [1.165, 1.54) is 5.56 Å². The summed E-state index contributed by atoms with van der Waals surface area (Å²) >= 11 is 0. The topological polar surface area (TPSA) is 36.4 Å². The lowest BCUT2D eigenvalue weighted by Crippen LogP contribution is -2.44. The summed E-state index contributed by atoms with van der Waals surface area (Å²) in [6.07, 6.45) is -0.186. The lowest BCUT2D eigenvalue weighted by Gasteiger charge is -2.32. The minimum absolute atomic E-state index is 0.0315. The van der Waals surface area contributed by atoms with Crippen molar-refractivity contribution in [1.82, 2.24) is 10.6 Å². The lowest BCUT2D eigenvalue weighted by molar-refractivity contribution is 0.409. The molecule has 29 heavy (non-hydrogen) atoms. The van der Waals surface area contributed by atoms with Crippen LogP contribution < -0.4 is 16.1 Å². The molecule has 0 spiro atoms.